The van der Waals surface area contributed by atoms with Crippen LogP contribution in [0.3, 0.4) is 0 Å². The van der Waals surface area contributed by atoms with Crippen LogP contribution in [0.4, 0.5) is 0 Å². The molecule has 4 heterocycles. The monoisotopic (exact) mass is 292 g/mol. The zero-order valence-corrected chi connectivity index (χ0v) is 11.8. The highest BCUT2D eigenvalue weighted by molar-refractivity contribution is 5.93. The maximum absolute atomic E-state index is 12.1. The number of carbonyl (C=O) groups excluding carboxylic acids is 2. The van der Waals surface area contributed by atoms with E-state index in [1.807, 2.05) is 19.9 Å². The number of esters is 2. The van der Waals surface area contributed by atoms with Gasteiger partial charge in [-0.15, -0.1) is 0 Å². The molecule has 6 heteroatoms. The van der Waals surface area contributed by atoms with Crippen molar-refractivity contribution < 1.29 is 28.5 Å². The summed E-state index contributed by atoms with van der Waals surface area (Å²) in [6.45, 7) is 3.85. The van der Waals surface area contributed by atoms with E-state index in [1.54, 1.807) is 0 Å². The van der Waals surface area contributed by atoms with E-state index in [0.717, 1.165) is 0 Å². The fourth-order valence-electron chi connectivity index (χ4n) is 4.20. The molecule has 0 spiro atoms. The van der Waals surface area contributed by atoms with E-state index in [9.17, 15) is 9.59 Å². The molecular weight excluding hydrogens is 276 g/mol. The predicted octanol–water partition coefficient (Wildman–Crippen LogP) is 0.344. The summed E-state index contributed by atoms with van der Waals surface area (Å²) in [5, 5.41) is 0. The topological polar surface area (TPSA) is 77.7 Å². The van der Waals surface area contributed by atoms with Gasteiger partial charge >= 0.3 is 11.9 Å². The van der Waals surface area contributed by atoms with Gasteiger partial charge in [-0.2, -0.15) is 0 Å². The van der Waals surface area contributed by atoms with Crippen molar-refractivity contribution in [2.75, 3.05) is 0 Å². The van der Waals surface area contributed by atoms with Gasteiger partial charge in [0.1, 0.15) is 30.5 Å². The quantitative estimate of drug-likeness (QED) is 0.473. The molecule has 3 saturated heterocycles. The summed E-state index contributed by atoms with van der Waals surface area (Å²) in [4.78, 5) is 24.0. The van der Waals surface area contributed by atoms with E-state index in [2.05, 4.69) is 0 Å². The molecule has 0 amide bonds. The average molecular weight is 292 g/mol. The summed E-state index contributed by atoms with van der Waals surface area (Å²) in [5.41, 5.74) is 0.252. The molecule has 0 aromatic rings. The van der Waals surface area contributed by atoms with Crippen LogP contribution in [-0.4, -0.2) is 48.1 Å². The van der Waals surface area contributed by atoms with Crippen LogP contribution >= 0.6 is 0 Å². The Labute approximate surface area is 121 Å². The van der Waals surface area contributed by atoms with Gasteiger partial charge in [-0.3, -0.25) is 4.79 Å². The van der Waals surface area contributed by atoms with Crippen molar-refractivity contribution in [2.45, 2.75) is 56.4 Å². The van der Waals surface area contributed by atoms with Gasteiger partial charge in [0.2, 0.25) is 0 Å². The number of rotatable bonds is 0. The van der Waals surface area contributed by atoms with Crippen LogP contribution in [-0.2, 0) is 28.5 Å². The number of carbonyl (C=O) groups is 2. The Morgan fingerprint density at radius 1 is 1.29 bits per heavy atom. The van der Waals surface area contributed by atoms with Crippen LogP contribution in [0.1, 0.15) is 20.3 Å². The Hall–Kier alpha value is -1.40. The van der Waals surface area contributed by atoms with Gasteiger partial charge in [0.25, 0.3) is 0 Å². The minimum Gasteiger partial charge on any atom is -0.462 e. The molecule has 1 aliphatic carbocycles. The molecule has 0 radical (unpaired) electrons. The van der Waals surface area contributed by atoms with Gasteiger partial charge < -0.3 is 18.9 Å². The molecule has 0 aromatic heterocycles. The molecule has 0 N–H and O–H groups in total. The lowest BCUT2D eigenvalue weighted by Gasteiger charge is -2.24. The molecule has 0 aromatic carbocycles. The molecule has 6 nitrogen and oxygen atoms in total. The van der Waals surface area contributed by atoms with Gasteiger partial charge in [0, 0.05) is 12.3 Å². The number of epoxide rings is 2. The summed E-state index contributed by atoms with van der Waals surface area (Å²) in [5.74, 6) is -0.970. The maximum Gasteiger partial charge on any atom is 0.337 e. The Morgan fingerprint density at radius 3 is 2.90 bits per heavy atom. The Balaban J connectivity index is 1.57. The SMILES string of the molecule is C[C@H]1C(=O)O[C@H]2C[C@@]3(C)O[C@@H]3[C@@H]3O[C@@H]3C3=C[C@@H](OC3=O)[C@@H]21. The molecule has 5 aliphatic rings. The van der Waals surface area contributed by atoms with E-state index in [-0.39, 0.29) is 53.8 Å². The molecule has 0 saturated carbocycles. The van der Waals surface area contributed by atoms with Gasteiger partial charge in [-0.05, 0) is 13.0 Å². The van der Waals surface area contributed by atoms with Crippen LogP contribution in [0.15, 0.2) is 11.6 Å². The van der Waals surface area contributed by atoms with E-state index in [0.29, 0.717) is 12.0 Å². The maximum atomic E-state index is 12.1. The third kappa shape index (κ3) is 1.49. The van der Waals surface area contributed by atoms with Crippen molar-refractivity contribution >= 4 is 11.9 Å². The lowest BCUT2D eigenvalue weighted by atomic mass is 9.81. The number of fused-ring (bicyclic) bond motifs is 7. The van der Waals surface area contributed by atoms with Gasteiger partial charge in [0.05, 0.1) is 17.1 Å². The van der Waals surface area contributed by atoms with E-state index in [4.69, 9.17) is 18.9 Å². The second kappa shape index (κ2) is 3.50. The molecule has 4 aliphatic heterocycles. The van der Waals surface area contributed by atoms with Crippen LogP contribution in [0.25, 0.3) is 0 Å². The van der Waals surface area contributed by atoms with Crippen LogP contribution in [0.2, 0.25) is 0 Å². The van der Waals surface area contributed by atoms with Gasteiger partial charge in [-0.25, -0.2) is 4.79 Å². The first-order valence-corrected chi connectivity index (χ1v) is 7.44. The fraction of sp³-hybridized carbons (Fsp3) is 0.733. The first-order valence-electron chi connectivity index (χ1n) is 7.44. The van der Waals surface area contributed by atoms with Crippen molar-refractivity contribution in [3.05, 3.63) is 11.6 Å². The molecule has 21 heavy (non-hydrogen) atoms. The summed E-state index contributed by atoms with van der Waals surface area (Å²) >= 11 is 0. The zero-order valence-electron chi connectivity index (χ0n) is 11.8. The minimum absolute atomic E-state index is 0.0244. The van der Waals surface area contributed by atoms with Crippen molar-refractivity contribution in [2.24, 2.45) is 11.8 Å². The lowest BCUT2D eigenvalue weighted by Crippen LogP contribution is -2.35. The number of hydrogen-bond acceptors (Lipinski definition) is 6. The molecular formula is C15H16O6. The van der Waals surface area contributed by atoms with Crippen molar-refractivity contribution in [3.63, 3.8) is 0 Å². The van der Waals surface area contributed by atoms with Crippen LogP contribution < -0.4 is 0 Å². The third-order valence-electron chi connectivity index (χ3n) is 5.53. The molecule has 5 rings (SSSR count). The van der Waals surface area contributed by atoms with Crippen molar-refractivity contribution in [1.29, 1.82) is 0 Å². The third-order valence-corrected chi connectivity index (χ3v) is 5.53. The number of hydrogen-bond donors (Lipinski definition) is 0. The lowest BCUT2D eigenvalue weighted by molar-refractivity contribution is -0.144. The smallest absolute Gasteiger partial charge is 0.337 e. The van der Waals surface area contributed by atoms with E-state index < -0.39 is 6.10 Å². The Bertz CT molecular complexity index is 597. The van der Waals surface area contributed by atoms with E-state index in [1.165, 1.54) is 0 Å². The first kappa shape index (κ1) is 12.2. The molecule has 112 valence electrons. The standard InChI is InChI=1S/C15H16O6/c1-5-9-7-3-6(14(17)18-7)10-11(20-10)12-15(2,21-12)4-8(9)19-13(5)16/h3,5,7-12H,4H2,1-2H3/t5-,7-,8+,9+,10-,11-,12-,15-/m1/s1. The van der Waals surface area contributed by atoms with E-state index >= 15 is 0 Å². The molecule has 0 unspecified atom stereocenters. The van der Waals surface area contributed by atoms with Gasteiger partial charge in [0.15, 0.2) is 0 Å². The summed E-state index contributed by atoms with van der Waals surface area (Å²) in [6, 6.07) is 0. The minimum atomic E-state index is -0.400. The highest BCUT2D eigenvalue weighted by atomic mass is 16.7. The highest BCUT2D eigenvalue weighted by Gasteiger charge is 2.69. The molecule has 2 bridgehead atoms. The molecule has 8 atom stereocenters. The average Bonchev–Trinajstić information content (AvgIpc) is 3.25. The summed E-state index contributed by atoms with van der Waals surface area (Å²) < 4.78 is 22.5. The second-order valence-corrected chi connectivity index (χ2v) is 6.91. The van der Waals surface area contributed by atoms with Crippen molar-refractivity contribution in [1.82, 2.24) is 0 Å². The van der Waals surface area contributed by atoms with Crippen molar-refractivity contribution in [3.8, 4) is 0 Å². The Kier molecular flexibility index (Phi) is 2.03. The van der Waals surface area contributed by atoms with Crippen LogP contribution in [0.5, 0.6) is 0 Å². The van der Waals surface area contributed by atoms with Gasteiger partial charge in [-0.1, -0.05) is 6.92 Å². The summed E-state index contributed by atoms with van der Waals surface area (Å²) in [7, 11) is 0. The van der Waals surface area contributed by atoms with Crippen LogP contribution in [0, 0.1) is 11.8 Å². The predicted molar refractivity (Wildman–Crippen MR) is 67.1 cm³/mol. The largest absolute Gasteiger partial charge is 0.462 e. The fourth-order valence-corrected chi connectivity index (χ4v) is 4.20. The zero-order chi connectivity index (χ0) is 14.5. The summed E-state index contributed by atoms with van der Waals surface area (Å²) in [6.07, 6.45) is 1.48. The molecule has 3 fully saturated rings. The highest BCUT2D eigenvalue weighted by Crippen LogP contribution is 2.54. The Morgan fingerprint density at radius 2 is 2.10 bits per heavy atom. The second-order valence-electron chi connectivity index (χ2n) is 6.91. The number of ether oxygens (including phenoxy) is 4. The first-order chi connectivity index (χ1) is 9.98. The normalized spacial score (nSPS) is 56.5.